The number of ether oxygens (including phenoxy) is 1. The molecule has 0 radical (unpaired) electrons. The lowest BCUT2D eigenvalue weighted by Crippen LogP contribution is -3.14. The maximum atomic E-state index is 12.5. The molecule has 1 saturated heterocycles. The van der Waals surface area contributed by atoms with E-state index < -0.39 is 6.09 Å². The van der Waals surface area contributed by atoms with Gasteiger partial charge in [-0.15, -0.1) is 22.7 Å². The van der Waals surface area contributed by atoms with Crippen LogP contribution >= 0.6 is 22.7 Å². The summed E-state index contributed by atoms with van der Waals surface area (Å²) in [5.74, 6) is -0.136. The minimum absolute atomic E-state index is 0.136. The number of hydrogen-bond acceptors (Lipinski definition) is 5. The topological polar surface area (TPSA) is 51.1 Å². The van der Waals surface area contributed by atoms with Crippen molar-refractivity contribution in [3.8, 4) is 0 Å². The maximum Gasteiger partial charge on any atom is 0.416 e. The molecule has 4 rings (SSSR count). The van der Waals surface area contributed by atoms with Crippen LogP contribution in [0.3, 0.4) is 0 Å². The second-order valence-electron chi connectivity index (χ2n) is 5.74. The highest BCUT2D eigenvalue weighted by atomic mass is 32.1. The molecule has 2 aromatic rings. The standard InChI is InChI=1S/C16H16N2O3S2/c19-14(18-6-7-21-16(18)20)10-17-5-3-12-11(4-9-23-12)15(17)13-2-1-8-22-13/h1-2,4,8-9,15H,3,5-7,10H2/p+1/t15-/m1/s1. The third-order valence-corrected chi connectivity index (χ3v) is 6.37. The minimum atomic E-state index is -0.504. The van der Waals surface area contributed by atoms with Crippen LogP contribution in [0.5, 0.6) is 0 Å². The first kappa shape index (κ1) is 14.9. The van der Waals surface area contributed by atoms with Crippen LogP contribution in [0, 0.1) is 0 Å². The van der Waals surface area contributed by atoms with Crippen molar-refractivity contribution in [2.45, 2.75) is 12.5 Å². The normalized spacial score (nSPS) is 23.7. The highest BCUT2D eigenvalue weighted by molar-refractivity contribution is 7.10. The molecular formula is C16H17N2O3S2+. The molecule has 0 spiro atoms. The summed E-state index contributed by atoms with van der Waals surface area (Å²) in [6.07, 6.45) is 0.484. The van der Waals surface area contributed by atoms with E-state index in [4.69, 9.17) is 4.74 Å². The molecule has 2 atom stereocenters. The summed E-state index contributed by atoms with van der Waals surface area (Å²) in [6.45, 7) is 1.92. The molecule has 0 saturated carbocycles. The van der Waals surface area contributed by atoms with E-state index in [0.29, 0.717) is 19.7 Å². The lowest BCUT2D eigenvalue weighted by atomic mass is 9.98. The number of quaternary nitrogens is 1. The fourth-order valence-corrected chi connectivity index (χ4v) is 5.18. The number of rotatable bonds is 3. The number of amides is 2. The van der Waals surface area contributed by atoms with E-state index in [2.05, 4.69) is 29.0 Å². The smallest absolute Gasteiger partial charge is 0.416 e. The number of thiophene rings is 2. The van der Waals surface area contributed by atoms with E-state index in [0.717, 1.165) is 13.0 Å². The van der Waals surface area contributed by atoms with Crippen molar-refractivity contribution < 1.29 is 19.2 Å². The van der Waals surface area contributed by atoms with Crippen LogP contribution < -0.4 is 4.90 Å². The number of nitrogens with one attached hydrogen (secondary N) is 1. The van der Waals surface area contributed by atoms with Gasteiger partial charge in [0.1, 0.15) is 12.6 Å². The maximum absolute atomic E-state index is 12.5. The van der Waals surface area contributed by atoms with Crippen molar-refractivity contribution in [1.29, 1.82) is 0 Å². The molecule has 2 aliphatic rings. The van der Waals surface area contributed by atoms with Gasteiger partial charge in [0.25, 0.3) is 5.91 Å². The number of nitrogens with zero attached hydrogens (tertiary/aromatic N) is 1. The van der Waals surface area contributed by atoms with Crippen molar-refractivity contribution in [3.05, 3.63) is 44.3 Å². The summed E-state index contributed by atoms with van der Waals surface area (Å²) < 4.78 is 4.88. The van der Waals surface area contributed by atoms with Crippen molar-refractivity contribution in [2.75, 3.05) is 26.2 Å². The van der Waals surface area contributed by atoms with E-state index in [1.54, 1.807) is 22.7 Å². The Kier molecular flexibility index (Phi) is 3.92. The fourth-order valence-electron chi connectivity index (χ4n) is 3.36. The molecule has 5 nitrogen and oxygen atoms in total. The number of carbonyl (C=O) groups is 2. The predicted octanol–water partition coefficient (Wildman–Crippen LogP) is 1.32. The highest BCUT2D eigenvalue weighted by Gasteiger charge is 2.38. The van der Waals surface area contributed by atoms with Gasteiger partial charge in [0.05, 0.1) is 18.0 Å². The SMILES string of the molecule is O=C(C[NH+]1CCc2sccc2[C@@H]1c1cccs1)N1CCOC1=O. The number of cyclic esters (lactones) is 1. The zero-order valence-corrected chi connectivity index (χ0v) is 14.1. The van der Waals surface area contributed by atoms with E-state index in [9.17, 15) is 9.59 Å². The summed E-state index contributed by atoms with van der Waals surface area (Å²) >= 11 is 3.52. The van der Waals surface area contributed by atoms with Gasteiger partial charge in [-0.1, -0.05) is 6.07 Å². The van der Waals surface area contributed by atoms with Crippen LogP contribution in [0.15, 0.2) is 29.0 Å². The molecule has 0 bridgehead atoms. The van der Waals surface area contributed by atoms with Gasteiger partial charge in [-0.25, -0.2) is 9.69 Å². The molecule has 0 aliphatic carbocycles. The number of imide groups is 1. The summed E-state index contributed by atoms with van der Waals surface area (Å²) in [5.41, 5.74) is 1.33. The Morgan fingerprint density at radius 2 is 2.26 bits per heavy atom. The predicted molar refractivity (Wildman–Crippen MR) is 87.9 cm³/mol. The van der Waals surface area contributed by atoms with Gasteiger partial charge in [0.15, 0.2) is 6.54 Å². The van der Waals surface area contributed by atoms with Gasteiger partial charge < -0.3 is 9.64 Å². The average Bonchev–Trinajstić information content (AvgIpc) is 3.27. The second kappa shape index (κ2) is 6.07. The lowest BCUT2D eigenvalue weighted by Gasteiger charge is -2.32. The molecule has 2 aliphatic heterocycles. The molecule has 1 unspecified atom stereocenters. The number of carbonyl (C=O) groups excluding carboxylic acids is 2. The van der Waals surface area contributed by atoms with Crippen LogP contribution in [-0.4, -0.2) is 43.1 Å². The van der Waals surface area contributed by atoms with Gasteiger partial charge in [-0.2, -0.15) is 0 Å². The van der Waals surface area contributed by atoms with Gasteiger partial charge in [-0.05, 0) is 22.9 Å². The van der Waals surface area contributed by atoms with E-state index in [1.165, 1.54) is 25.1 Å². The van der Waals surface area contributed by atoms with Crippen LogP contribution in [0.1, 0.15) is 21.4 Å². The molecule has 0 aromatic carbocycles. The monoisotopic (exact) mass is 349 g/mol. The third kappa shape index (κ3) is 2.69. The summed E-state index contributed by atoms with van der Waals surface area (Å²) in [7, 11) is 0. The zero-order valence-electron chi connectivity index (χ0n) is 12.5. The van der Waals surface area contributed by atoms with Crippen LogP contribution in [0.2, 0.25) is 0 Å². The highest BCUT2D eigenvalue weighted by Crippen LogP contribution is 2.31. The Morgan fingerprint density at radius 3 is 3.00 bits per heavy atom. The van der Waals surface area contributed by atoms with Crippen molar-refractivity contribution in [3.63, 3.8) is 0 Å². The van der Waals surface area contributed by atoms with E-state index in [1.807, 2.05) is 0 Å². The summed E-state index contributed by atoms with van der Waals surface area (Å²) in [5, 5.41) is 4.21. The summed E-state index contributed by atoms with van der Waals surface area (Å²) in [6, 6.07) is 6.56. The fraction of sp³-hybridized carbons (Fsp3) is 0.375. The molecule has 1 N–H and O–H groups in total. The first-order valence-corrected chi connectivity index (χ1v) is 9.41. The molecule has 120 valence electrons. The van der Waals surface area contributed by atoms with Gasteiger partial charge in [0.2, 0.25) is 0 Å². The van der Waals surface area contributed by atoms with E-state index in [-0.39, 0.29) is 11.9 Å². The Bertz CT molecular complexity index is 726. The number of hydrogen-bond donors (Lipinski definition) is 1. The molecule has 7 heteroatoms. The second-order valence-corrected chi connectivity index (χ2v) is 7.72. The molecule has 2 amide bonds. The minimum Gasteiger partial charge on any atom is -0.447 e. The Hall–Kier alpha value is -1.70. The Balaban J connectivity index is 1.60. The average molecular weight is 349 g/mol. The largest absolute Gasteiger partial charge is 0.447 e. The molecule has 2 aromatic heterocycles. The summed E-state index contributed by atoms with van der Waals surface area (Å²) in [4.78, 5) is 29.2. The lowest BCUT2D eigenvalue weighted by molar-refractivity contribution is -0.919. The first-order chi connectivity index (χ1) is 11.2. The molecule has 1 fully saturated rings. The van der Waals surface area contributed by atoms with Gasteiger partial charge in [0, 0.05) is 16.9 Å². The van der Waals surface area contributed by atoms with Crippen molar-refractivity contribution in [2.24, 2.45) is 0 Å². The third-order valence-electron chi connectivity index (χ3n) is 4.44. The van der Waals surface area contributed by atoms with Gasteiger partial charge >= 0.3 is 6.09 Å². The van der Waals surface area contributed by atoms with Crippen LogP contribution in [0.4, 0.5) is 4.79 Å². The van der Waals surface area contributed by atoms with Crippen LogP contribution in [0.25, 0.3) is 0 Å². The quantitative estimate of drug-likeness (QED) is 0.909. The molecular weight excluding hydrogens is 332 g/mol. The molecule has 23 heavy (non-hydrogen) atoms. The molecule has 4 heterocycles. The van der Waals surface area contributed by atoms with E-state index >= 15 is 0 Å². The van der Waals surface area contributed by atoms with Crippen LogP contribution in [-0.2, 0) is 16.0 Å². The van der Waals surface area contributed by atoms with Crippen molar-refractivity contribution >= 4 is 34.7 Å². The van der Waals surface area contributed by atoms with Crippen molar-refractivity contribution in [1.82, 2.24) is 4.90 Å². The number of fused-ring (bicyclic) bond motifs is 1. The Labute approximate surface area is 142 Å². The Morgan fingerprint density at radius 1 is 1.35 bits per heavy atom. The zero-order chi connectivity index (χ0) is 15.8. The van der Waals surface area contributed by atoms with Gasteiger partial charge in [-0.3, -0.25) is 4.79 Å². The first-order valence-electron chi connectivity index (χ1n) is 7.65.